The molecule has 2 unspecified atom stereocenters. The molecule has 0 N–H and O–H groups in total. The smallest absolute Gasteiger partial charge is 0.338 e. The lowest BCUT2D eigenvalue weighted by molar-refractivity contribution is -0.139. The molecule has 1 saturated heterocycles. The SMILES string of the molecule is CC1CCCC(C)N1C(=O)COc1ccc(C(=O)OC/C=C/c2ccccc2)cc1. The third-order valence-corrected chi connectivity index (χ3v) is 5.35. The summed E-state index contributed by atoms with van der Waals surface area (Å²) in [4.78, 5) is 26.6. The maximum atomic E-state index is 12.5. The van der Waals surface area contributed by atoms with Gasteiger partial charge in [-0.15, -0.1) is 0 Å². The van der Waals surface area contributed by atoms with E-state index < -0.39 is 5.97 Å². The van der Waals surface area contributed by atoms with Crippen molar-refractivity contribution < 1.29 is 19.1 Å². The van der Waals surface area contributed by atoms with Crippen LogP contribution >= 0.6 is 0 Å². The molecule has 0 aromatic heterocycles. The van der Waals surface area contributed by atoms with Crippen LogP contribution in [0.2, 0.25) is 0 Å². The van der Waals surface area contributed by atoms with Gasteiger partial charge in [-0.1, -0.05) is 36.4 Å². The van der Waals surface area contributed by atoms with Crippen molar-refractivity contribution >= 4 is 18.0 Å². The first-order chi connectivity index (χ1) is 14.5. The molecule has 1 amide bonds. The van der Waals surface area contributed by atoms with Crippen LogP contribution in [-0.2, 0) is 9.53 Å². The number of carbonyl (C=O) groups is 2. The molecule has 0 bridgehead atoms. The molecule has 0 spiro atoms. The first-order valence-electron chi connectivity index (χ1n) is 10.5. The van der Waals surface area contributed by atoms with Crippen LogP contribution in [0.15, 0.2) is 60.7 Å². The Balaban J connectivity index is 1.45. The van der Waals surface area contributed by atoms with Crippen molar-refractivity contribution in [3.63, 3.8) is 0 Å². The first-order valence-corrected chi connectivity index (χ1v) is 10.5. The lowest BCUT2D eigenvalue weighted by Crippen LogP contribution is -2.49. The highest BCUT2D eigenvalue weighted by molar-refractivity contribution is 5.89. The van der Waals surface area contributed by atoms with E-state index in [-0.39, 0.29) is 31.2 Å². The van der Waals surface area contributed by atoms with Gasteiger partial charge in [-0.2, -0.15) is 0 Å². The van der Waals surface area contributed by atoms with E-state index in [0.29, 0.717) is 11.3 Å². The fraction of sp³-hybridized carbons (Fsp3) is 0.360. The monoisotopic (exact) mass is 407 g/mol. The largest absolute Gasteiger partial charge is 0.484 e. The molecule has 1 aliphatic rings. The standard InChI is InChI=1S/C25H29NO4/c1-19-8-6-9-20(2)26(19)24(27)18-30-23-15-13-22(14-16-23)25(28)29-17-7-12-21-10-4-3-5-11-21/h3-5,7,10-16,19-20H,6,8-9,17-18H2,1-2H3/b12-7+. The summed E-state index contributed by atoms with van der Waals surface area (Å²) < 4.78 is 10.9. The van der Waals surface area contributed by atoms with E-state index in [4.69, 9.17) is 9.47 Å². The van der Waals surface area contributed by atoms with Crippen LogP contribution in [0.4, 0.5) is 0 Å². The Kier molecular flexibility index (Phi) is 7.66. The molecule has 1 fully saturated rings. The van der Waals surface area contributed by atoms with E-state index in [9.17, 15) is 9.59 Å². The molecule has 1 heterocycles. The third kappa shape index (κ3) is 5.96. The molecule has 2 aromatic rings. The molecule has 3 rings (SSSR count). The van der Waals surface area contributed by atoms with E-state index in [1.54, 1.807) is 30.3 Å². The number of amides is 1. The summed E-state index contributed by atoms with van der Waals surface area (Å²) in [5.41, 5.74) is 1.50. The van der Waals surface area contributed by atoms with Crippen molar-refractivity contribution in [3.05, 3.63) is 71.8 Å². The van der Waals surface area contributed by atoms with Gasteiger partial charge in [0, 0.05) is 12.1 Å². The molecule has 0 aliphatic carbocycles. The zero-order valence-electron chi connectivity index (χ0n) is 17.6. The quantitative estimate of drug-likeness (QED) is 0.623. The summed E-state index contributed by atoms with van der Waals surface area (Å²) in [7, 11) is 0. The van der Waals surface area contributed by atoms with Gasteiger partial charge in [0.15, 0.2) is 6.61 Å². The maximum Gasteiger partial charge on any atom is 0.338 e. The molecule has 1 aliphatic heterocycles. The molecular weight excluding hydrogens is 378 g/mol. The van der Waals surface area contributed by atoms with Crippen LogP contribution in [0.3, 0.4) is 0 Å². The van der Waals surface area contributed by atoms with E-state index >= 15 is 0 Å². The number of carbonyl (C=O) groups excluding carboxylic acids is 2. The molecule has 2 aromatic carbocycles. The number of rotatable bonds is 7. The van der Waals surface area contributed by atoms with Crippen molar-refractivity contribution in [1.29, 1.82) is 0 Å². The molecule has 5 heteroatoms. The van der Waals surface area contributed by atoms with Gasteiger partial charge in [0.2, 0.25) is 0 Å². The number of esters is 1. The van der Waals surface area contributed by atoms with E-state index in [1.165, 1.54) is 0 Å². The minimum atomic E-state index is -0.397. The Morgan fingerprint density at radius 3 is 2.33 bits per heavy atom. The molecule has 0 saturated carbocycles. The fourth-order valence-electron chi connectivity index (χ4n) is 3.78. The lowest BCUT2D eigenvalue weighted by Gasteiger charge is -2.38. The van der Waals surface area contributed by atoms with Crippen molar-refractivity contribution in [2.45, 2.75) is 45.2 Å². The summed E-state index contributed by atoms with van der Waals surface area (Å²) in [5, 5.41) is 0. The summed E-state index contributed by atoms with van der Waals surface area (Å²) in [6.07, 6.45) is 6.94. The second-order valence-corrected chi connectivity index (χ2v) is 7.65. The van der Waals surface area contributed by atoms with Crippen molar-refractivity contribution in [1.82, 2.24) is 4.90 Å². The average Bonchev–Trinajstić information content (AvgIpc) is 2.76. The number of nitrogens with zero attached hydrogens (tertiary/aromatic N) is 1. The maximum absolute atomic E-state index is 12.5. The van der Waals surface area contributed by atoms with Gasteiger partial charge in [-0.25, -0.2) is 4.79 Å². The van der Waals surface area contributed by atoms with Crippen molar-refractivity contribution in [3.8, 4) is 5.75 Å². The second kappa shape index (κ2) is 10.6. The fourth-order valence-corrected chi connectivity index (χ4v) is 3.78. The summed E-state index contributed by atoms with van der Waals surface area (Å²) in [6.45, 7) is 4.38. The minimum absolute atomic E-state index is 0.00273. The molecule has 158 valence electrons. The van der Waals surface area contributed by atoms with Gasteiger partial charge in [0.1, 0.15) is 12.4 Å². The van der Waals surface area contributed by atoms with Crippen LogP contribution < -0.4 is 4.74 Å². The summed E-state index contributed by atoms with van der Waals surface area (Å²) >= 11 is 0. The molecule has 0 radical (unpaired) electrons. The third-order valence-electron chi connectivity index (χ3n) is 5.35. The predicted octanol–water partition coefficient (Wildman–Crippen LogP) is 4.73. The second-order valence-electron chi connectivity index (χ2n) is 7.65. The highest BCUT2D eigenvalue weighted by Gasteiger charge is 2.28. The Bertz CT molecular complexity index is 850. The average molecular weight is 408 g/mol. The van der Waals surface area contributed by atoms with Crippen LogP contribution in [-0.4, -0.2) is 42.1 Å². The van der Waals surface area contributed by atoms with Crippen molar-refractivity contribution in [2.75, 3.05) is 13.2 Å². The number of likely N-dealkylation sites (tertiary alicyclic amines) is 1. The van der Waals surface area contributed by atoms with Gasteiger partial charge in [-0.05, 0) is 69.0 Å². The van der Waals surface area contributed by atoms with Crippen LogP contribution in [0, 0.1) is 0 Å². The predicted molar refractivity (Wildman–Crippen MR) is 117 cm³/mol. The highest BCUT2D eigenvalue weighted by atomic mass is 16.5. The first kappa shape index (κ1) is 21.6. The Labute approximate surface area is 178 Å². The number of hydrogen-bond donors (Lipinski definition) is 0. The molecule has 5 nitrogen and oxygen atoms in total. The van der Waals surface area contributed by atoms with Gasteiger partial charge >= 0.3 is 5.97 Å². The number of piperidine rings is 1. The van der Waals surface area contributed by atoms with E-state index in [0.717, 1.165) is 24.8 Å². The highest BCUT2D eigenvalue weighted by Crippen LogP contribution is 2.23. The Morgan fingerprint density at radius 2 is 1.67 bits per heavy atom. The summed E-state index contributed by atoms with van der Waals surface area (Å²) in [5.74, 6) is 0.163. The van der Waals surface area contributed by atoms with Gasteiger partial charge in [0.25, 0.3) is 5.91 Å². The topological polar surface area (TPSA) is 55.8 Å². The minimum Gasteiger partial charge on any atom is -0.484 e. The number of benzene rings is 2. The van der Waals surface area contributed by atoms with E-state index in [2.05, 4.69) is 13.8 Å². The normalized spacial score (nSPS) is 18.9. The van der Waals surface area contributed by atoms with Gasteiger partial charge in [-0.3, -0.25) is 4.79 Å². The van der Waals surface area contributed by atoms with Crippen LogP contribution in [0.1, 0.15) is 49.0 Å². The zero-order chi connectivity index (χ0) is 21.3. The Hall–Kier alpha value is -3.08. The Morgan fingerprint density at radius 1 is 1.00 bits per heavy atom. The van der Waals surface area contributed by atoms with Gasteiger partial charge < -0.3 is 14.4 Å². The molecular formula is C25H29NO4. The molecule has 30 heavy (non-hydrogen) atoms. The number of ether oxygens (including phenoxy) is 2. The van der Waals surface area contributed by atoms with E-state index in [1.807, 2.05) is 41.3 Å². The van der Waals surface area contributed by atoms with Crippen LogP contribution in [0.25, 0.3) is 6.08 Å². The van der Waals surface area contributed by atoms with Crippen molar-refractivity contribution in [2.24, 2.45) is 0 Å². The molecule has 2 atom stereocenters. The number of hydrogen-bond acceptors (Lipinski definition) is 4. The van der Waals surface area contributed by atoms with Gasteiger partial charge in [0.05, 0.1) is 5.56 Å². The van der Waals surface area contributed by atoms with Crippen LogP contribution in [0.5, 0.6) is 5.75 Å². The summed E-state index contributed by atoms with van der Waals surface area (Å²) in [6, 6.07) is 17.0. The lowest BCUT2D eigenvalue weighted by atomic mass is 9.97. The zero-order valence-corrected chi connectivity index (χ0v) is 17.6.